The molecule has 5 nitrogen and oxygen atoms in total. The quantitative estimate of drug-likeness (QED) is 0.754. The Balaban J connectivity index is 1.73. The zero-order chi connectivity index (χ0) is 15.3. The molecule has 0 unspecified atom stereocenters. The summed E-state index contributed by atoms with van der Waals surface area (Å²) in [5.74, 6) is 0.0478. The van der Waals surface area contributed by atoms with E-state index in [0.29, 0.717) is 13.2 Å². The minimum absolute atomic E-state index is 0.0820. The molecule has 0 N–H and O–H groups in total. The molecule has 1 heterocycles. The Hall–Kier alpha value is -1.59. The number of hydrogen-bond donors (Lipinski definition) is 0. The van der Waals surface area contributed by atoms with E-state index in [-0.39, 0.29) is 18.5 Å². The molecule has 0 amide bonds. The number of benzene rings is 1. The van der Waals surface area contributed by atoms with Gasteiger partial charge >= 0.3 is 5.97 Å². The van der Waals surface area contributed by atoms with Crippen molar-refractivity contribution in [1.29, 1.82) is 0 Å². The molecule has 1 aromatic rings. The molecule has 2 rings (SSSR count). The van der Waals surface area contributed by atoms with Crippen molar-refractivity contribution in [3.05, 3.63) is 29.8 Å². The van der Waals surface area contributed by atoms with Crippen molar-refractivity contribution in [3.63, 3.8) is 0 Å². The summed E-state index contributed by atoms with van der Waals surface area (Å²) in [5, 5.41) is 0. The van der Waals surface area contributed by atoms with Gasteiger partial charge in [-0.05, 0) is 31.5 Å². The molecule has 5 heteroatoms. The second-order valence-electron chi connectivity index (χ2n) is 5.48. The molecule has 0 radical (unpaired) electrons. The number of methoxy groups -OCH3 is 1. The largest absolute Gasteiger partial charge is 0.493 e. The lowest BCUT2D eigenvalue weighted by molar-refractivity contribution is -0.140. The highest BCUT2D eigenvalue weighted by atomic mass is 16.7. The molecular weight excluding hydrogens is 272 g/mol. The van der Waals surface area contributed by atoms with E-state index in [2.05, 4.69) is 4.74 Å². The van der Waals surface area contributed by atoms with Gasteiger partial charge in [0.2, 0.25) is 0 Å². The van der Waals surface area contributed by atoms with Gasteiger partial charge in [0.25, 0.3) is 0 Å². The Kier molecular flexibility index (Phi) is 5.20. The van der Waals surface area contributed by atoms with Gasteiger partial charge in [-0.3, -0.25) is 4.79 Å². The predicted molar refractivity (Wildman–Crippen MR) is 77.2 cm³/mol. The minimum Gasteiger partial charge on any atom is -0.493 e. The molecule has 0 saturated carbocycles. The standard InChI is InChI=1S/C16H22O5/c1-16(2)20-11-14(21-16)8-9-19-13-6-4-12(5-7-13)10-15(17)18-3/h4-7,14H,8-11H2,1-3H3/t14-/m0/s1. The molecule has 0 aromatic heterocycles. The molecule has 21 heavy (non-hydrogen) atoms. The fourth-order valence-electron chi connectivity index (χ4n) is 2.16. The summed E-state index contributed by atoms with van der Waals surface area (Å²) in [6, 6.07) is 7.44. The second kappa shape index (κ2) is 6.91. The van der Waals surface area contributed by atoms with Crippen LogP contribution >= 0.6 is 0 Å². The maximum Gasteiger partial charge on any atom is 0.309 e. The lowest BCUT2D eigenvalue weighted by Crippen LogP contribution is -2.22. The molecule has 0 aliphatic carbocycles. The van der Waals surface area contributed by atoms with Gasteiger partial charge in [-0.2, -0.15) is 0 Å². The van der Waals surface area contributed by atoms with Crippen molar-refractivity contribution in [1.82, 2.24) is 0 Å². The Morgan fingerprint density at radius 3 is 2.62 bits per heavy atom. The van der Waals surface area contributed by atoms with Crippen molar-refractivity contribution in [2.45, 2.75) is 38.6 Å². The number of carbonyl (C=O) groups excluding carboxylic acids is 1. The first kappa shape index (κ1) is 15.8. The van der Waals surface area contributed by atoms with Gasteiger partial charge in [-0.25, -0.2) is 0 Å². The maximum atomic E-state index is 11.2. The fourth-order valence-corrected chi connectivity index (χ4v) is 2.16. The van der Waals surface area contributed by atoms with Crippen LogP contribution in [0, 0.1) is 0 Å². The molecule has 1 saturated heterocycles. The van der Waals surface area contributed by atoms with Gasteiger partial charge in [0, 0.05) is 6.42 Å². The normalized spacial score (nSPS) is 20.2. The molecule has 1 aliphatic rings. The van der Waals surface area contributed by atoms with Crippen LogP contribution in [0.2, 0.25) is 0 Å². The Morgan fingerprint density at radius 1 is 1.33 bits per heavy atom. The van der Waals surface area contributed by atoms with E-state index < -0.39 is 5.79 Å². The summed E-state index contributed by atoms with van der Waals surface area (Å²) in [6.07, 6.45) is 1.14. The number of carbonyl (C=O) groups is 1. The van der Waals surface area contributed by atoms with E-state index in [1.807, 2.05) is 38.1 Å². The van der Waals surface area contributed by atoms with E-state index in [9.17, 15) is 4.79 Å². The molecule has 1 aromatic carbocycles. The predicted octanol–water partition coefficient (Wildman–Crippen LogP) is 2.32. The fraction of sp³-hybridized carbons (Fsp3) is 0.562. The molecule has 1 aliphatic heterocycles. The number of hydrogen-bond acceptors (Lipinski definition) is 5. The van der Waals surface area contributed by atoms with E-state index in [0.717, 1.165) is 17.7 Å². The third-order valence-corrected chi connectivity index (χ3v) is 3.28. The first-order valence-electron chi connectivity index (χ1n) is 7.09. The van der Waals surface area contributed by atoms with Crippen LogP contribution in [-0.2, 0) is 25.4 Å². The van der Waals surface area contributed by atoms with Crippen LogP contribution in [-0.4, -0.2) is 38.2 Å². The number of rotatable bonds is 6. The number of esters is 1. The molecular formula is C16H22O5. The van der Waals surface area contributed by atoms with Crippen molar-refractivity contribution >= 4 is 5.97 Å². The molecule has 1 fully saturated rings. The van der Waals surface area contributed by atoms with Gasteiger partial charge in [0.05, 0.1) is 32.8 Å². The molecule has 0 bridgehead atoms. The summed E-state index contributed by atoms with van der Waals surface area (Å²) in [7, 11) is 1.38. The van der Waals surface area contributed by atoms with Crippen LogP contribution in [0.25, 0.3) is 0 Å². The number of ether oxygens (including phenoxy) is 4. The van der Waals surface area contributed by atoms with Crippen molar-refractivity contribution in [3.8, 4) is 5.75 Å². The van der Waals surface area contributed by atoms with E-state index in [1.54, 1.807) is 0 Å². The zero-order valence-corrected chi connectivity index (χ0v) is 12.8. The van der Waals surface area contributed by atoms with Crippen LogP contribution < -0.4 is 4.74 Å². The van der Waals surface area contributed by atoms with E-state index in [4.69, 9.17) is 14.2 Å². The topological polar surface area (TPSA) is 54.0 Å². The van der Waals surface area contributed by atoms with Gasteiger partial charge in [0.1, 0.15) is 5.75 Å². The summed E-state index contributed by atoms with van der Waals surface area (Å²) >= 11 is 0. The van der Waals surface area contributed by atoms with Crippen LogP contribution in [0.15, 0.2) is 24.3 Å². The summed E-state index contributed by atoms with van der Waals surface area (Å²) in [6.45, 7) is 5.00. The Morgan fingerprint density at radius 2 is 2.05 bits per heavy atom. The van der Waals surface area contributed by atoms with Crippen molar-refractivity contribution in [2.24, 2.45) is 0 Å². The van der Waals surface area contributed by atoms with Gasteiger partial charge < -0.3 is 18.9 Å². The van der Waals surface area contributed by atoms with Gasteiger partial charge in [0.15, 0.2) is 5.79 Å². The Bertz CT molecular complexity index is 466. The average molecular weight is 294 g/mol. The smallest absolute Gasteiger partial charge is 0.309 e. The molecule has 1 atom stereocenters. The van der Waals surface area contributed by atoms with Gasteiger partial charge in [-0.1, -0.05) is 12.1 Å². The van der Waals surface area contributed by atoms with Gasteiger partial charge in [-0.15, -0.1) is 0 Å². The third-order valence-electron chi connectivity index (χ3n) is 3.28. The lowest BCUT2D eigenvalue weighted by atomic mass is 10.1. The molecule has 116 valence electrons. The van der Waals surface area contributed by atoms with Crippen molar-refractivity contribution in [2.75, 3.05) is 20.3 Å². The summed E-state index contributed by atoms with van der Waals surface area (Å²) in [5.41, 5.74) is 0.906. The van der Waals surface area contributed by atoms with Crippen molar-refractivity contribution < 1.29 is 23.7 Å². The van der Waals surface area contributed by atoms with Crippen LogP contribution in [0.1, 0.15) is 25.8 Å². The van der Waals surface area contributed by atoms with E-state index in [1.165, 1.54) is 7.11 Å². The summed E-state index contributed by atoms with van der Waals surface area (Å²) < 4.78 is 21.5. The summed E-state index contributed by atoms with van der Waals surface area (Å²) in [4.78, 5) is 11.2. The highest BCUT2D eigenvalue weighted by Gasteiger charge is 2.32. The first-order valence-corrected chi connectivity index (χ1v) is 7.09. The minimum atomic E-state index is -0.486. The lowest BCUT2D eigenvalue weighted by Gasteiger charge is -2.17. The second-order valence-corrected chi connectivity index (χ2v) is 5.48. The highest BCUT2D eigenvalue weighted by Crippen LogP contribution is 2.24. The SMILES string of the molecule is COC(=O)Cc1ccc(OCC[C@H]2COC(C)(C)O2)cc1. The van der Waals surface area contributed by atoms with Crippen LogP contribution in [0.4, 0.5) is 0 Å². The van der Waals surface area contributed by atoms with E-state index >= 15 is 0 Å². The van der Waals surface area contributed by atoms with Crippen LogP contribution in [0.5, 0.6) is 5.75 Å². The first-order chi connectivity index (χ1) is 9.98. The Labute approximate surface area is 125 Å². The maximum absolute atomic E-state index is 11.2. The monoisotopic (exact) mass is 294 g/mol. The third kappa shape index (κ3) is 5.02. The highest BCUT2D eigenvalue weighted by molar-refractivity contribution is 5.72. The molecule has 0 spiro atoms. The zero-order valence-electron chi connectivity index (χ0n) is 12.8. The van der Waals surface area contributed by atoms with Crippen LogP contribution in [0.3, 0.4) is 0 Å². The average Bonchev–Trinajstić information content (AvgIpc) is 2.80.